The van der Waals surface area contributed by atoms with E-state index in [1.165, 1.54) is 7.11 Å². The maximum Gasteiger partial charge on any atom is 0.357 e. The zero-order valence-corrected chi connectivity index (χ0v) is 7.21. The van der Waals surface area contributed by atoms with Gasteiger partial charge in [-0.2, -0.15) is 4.21 Å². The Morgan fingerprint density at radius 2 is 1.92 bits per heavy atom. The second-order valence-electron chi connectivity index (χ2n) is 1.95. The monoisotopic (exact) mass is 188 g/mol. The van der Waals surface area contributed by atoms with Crippen LogP contribution < -0.4 is 8.92 Å². The van der Waals surface area contributed by atoms with Crippen molar-refractivity contribution < 1.29 is 17.7 Å². The molecule has 0 fully saturated rings. The van der Waals surface area contributed by atoms with Gasteiger partial charge in [-0.15, -0.1) is 0 Å². The van der Waals surface area contributed by atoms with Crippen LogP contribution in [0.1, 0.15) is 0 Å². The van der Waals surface area contributed by atoms with E-state index in [1.54, 1.807) is 24.3 Å². The van der Waals surface area contributed by atoms with Gasteiger partial charge in [-0.3, -0.25) is 4.55 Å². The Bertz CT molecular complexity index is 286. The maximum absolute atomic E-state index is 10.3. The summed E-state index contributed by atoms with van der Waals surface area (Å²) in [7, 11) is 1.46. The highest BCUT2D eigenvalue weighted by Gasteiger charge is 2.04. The van der Waals surface area contributed by atoms with Crippen molar-refractivity contribution in [1.82, 2.24) is 0 Å². The minimum absolute atomic E-state index is 0.251. The molecule has 1 N–H and O–H groups in total. The van der Waals surface area contributed by atoms with E-state index in [0.717, 1.165) is 0 Å². The van der Waals surface area contributed by atoms with Crippen molar-refractivity contribution in [3.8, 4) is 11.5 Å². The van der Waals surface area contributed by atoms with Crippen LogP contribution in [0, 0.1) is 0 Å². The smallest absolute Gasteiger partial charge is 0.357 e. The van der Waals surface area contributed by atoms with Crippen LogP contribution in [0.2, 0.25) is 0 Å². The van der Waals surface area contributed by atoms with Crippen molar-refractivity contribution in [1.29, 1.82) is 0 Å². The molecule has 4 nitrogen and oxygen atoms in total. The first-order valence-corrected chi connectivity index (χ1v) is 4.19. The molecule has 1 aromatic rings. The Morgan fingerprint density at radius 3 is 2.42 bits per heavy atom. The summed E-state index contributed by atoms with van der Waals surface area (Å²) in [6, 6.07) is 6.62. The number of para-hydroxylation sites is 2. The second-order valence-corrected chi connectivity index (χ2v) is 2.55. The van der Waals surface area contributed by atoms with Crippen molar-refractivity contribution in [3.05, 3.63) is 24.3 Å². The average Bonchev–Trinajstić information content (AvgIpc) is 2.04. The summed E-state index contributed by atoms with van der Waals surface area (Å²) < 4.78 is 28.1. The lowest BCUT2D eigenvalue weighted by Gasteiger charge is -2.04. The van der Waals surface area contributed by atoms with Crippen molar-refractivity contribution in [2.24, 2.45) is 0 Å². The summed E-state index contributed by atoms with van der Waals surface area (Å²) in [5, 5.41) is 0. The molecule has 0 aliphatic carbocycles. The highest BCUT2D eigenvalue weighted by molar-refractivity contribution is 7.74. The van der Waals surface area contributed by atoms with E-state index in [1.807, 2.05) is 0 Å². The molecule has 1 rings (SSSR count). The summed E-state index contributed by atoms with van der Waals surface area (Å²) in [4.78, 5) is 0. The first kappa shape index (κ1) is 9.02. The van der Waals surface area contributed by atoms with Gasteiger partial charge in [0.15, 0.2) is 11.5 Å². The van der Waals surface area contributed by atoms with E-state index in [9.17, 15) is 4.21 Å². The number of hydrogen-bond donors (Lipinski definition) is 1. The molecule has 0 aliphatic rings. The molecule has 12 heavy (non-hydrogen) atoms. The highest BCUT2D eigenvalue weighted by atomic mass is 32.2. The topological polar surface area (TPSA) is 55.8 Å². The van der Waals surface area contributed by atoms with Gasteiger partial charge in [0.25, 0.3) is 0 Å². The SMILES string of the molecule is COc1ccccc1OS(=O)O. The van der Waals surface area contributed by atoms with Crippen molar-refractivity contribution >= 4 is 11.4 Å². The van der Waals surface area contributed by atoms with E-state index in [2.05, 4.69) is 4.18 Å². The van der Waals surface area contributed by atoms with E-state index >= 15 is 0 Å². The summed E-state index contributed by atoms with van der Waals surface area (Å²) in [5.74, 6) is 0.681. The summed E-state index contributed by atoms with van der Waals surface area (Å²) in [6.45, 7) is 0. The fourth-order valence-electron chi connectivity index (χ4n) is 0.764. The maximum atomic E-state index is 10.3. The Labute approximate surface area is 72.6 Å². The number of benzene rings is 1. The molecule has 1 unspecified atom stereocenters. The van der Waals surface area contributed by atoms with Gasteiger partial charge in [-0.25, -0.2) is 0 Å². The molecular weight excluding hydrogens is 180 g/mol. The molecule has 0 aromatic heterocycles. The van der Waals surface area contributed by atoms with Crippen LogP contribution in [0.5, 0.6) is 11.5 Å². The Morgan fingerprint density at radius 1 is 1.33 bits per heavy atom. The third kappa shape index (κ3) is 2.21. The Kier molecular flexibility index (Phi) is 3.07. The molecular formula is C7H8O4S. The number of methoxy groups -OCH3 is 1. The quantitative estimate of drug-likeness (QED) is 0.724. The molecule has 0 bridgehead atoms. The van der Waals surface area contributed by atoms with Crippen LogP contribution in [0.25, 0.3) is 0 Å². The van der Waals surface area contributed by atoms with Crippen LogP contribution in [0.3, 0.4) is 0 Å². The number of hydrogen-bond acceptors (Lipinski definition) is 3. The van der Waals surface area contributed by atoms with Crippen LogP contribution in [-0.4, -0.2) is 15.9 Å². The highest BCUT2D eigenvalue weighted by Crippen LogP contribution is 2.25. The minimum Gasteiger partial charge on any atom is -0.493 e. The zero-order chi connectivity index (χ0) is 8.97. The second kappa shape index (κ2) is 4.08. The molecule has 0 amide bonds. The first-order chi connectivity index (χ1) is 5.74. The molecule has 0 spiro atoms. The summed E-state index contributed by atoms with van der Waals surface area (Å²) in [6.07, 6.45) is 0. The normalized spacial score (nSPS) is 12.2. The van der Waals surface area contributed by atoms with Crippen molar-refractivity contribution in [2.75, 3.05) is 7.11 Å². The van der Waals surface area contributed by atoms with Crippen molar-refractivity contribution in [2.45, 2.75) is 0 Å². The Hall–Kier alpha value is -1.07. The van der Waals surface area contributed by atoms with Crippen LogP contribution in [0.4, 0.5) is 0 Å². The van der Waals surface area contributed by atoms with Crippen LogP contribution in [0.15, 0.2) is 24.3 Å². The van der Waals surface area contributed by atoms with Crippen LogP contribution in [-0.2, 0) is 11.4 Å². The van der Waals surface area contributed by atoms with E-state index in [4.69, 9.17) is 9.29 Å². The minimum atomic E-state index is -2.31. The molecule has 66 valence electrons. The molecule has 0 saturated heterocycles. The largest absolute Gasteiger partial charge is 0.493 e. The number of ether oxygens (including phenoxy) is 1. The third-order valence-electron chi connectivity index (χ3n) is 1.23. The van der Waals surface area contributed by atoms with Gasteiger partial charge >= 0.3 is 11.4 Å². The molecule has 0 radical (unpaired) electrons. The van der Waals surface area contributed by atoms with Gasteiger partial charge in [-0.1, -0.05) is 12.1 Å². The van der Waals surface area contributed by atoms with Gasteiger partial charge in [-0.05, 0) is 12.1 Å². The van der Waals surface area contributed by atoms with Gasteiger partial charge in [0, 0.05) is 0 Å². The lowest BCUT2D eigenvalue weighted by molar-refractivity contribution is 0.386. The molecule has 1 atom stereocenters. The summed E-state index contributed by atoms with van der Waals surface area (Å²) in [5.41, 5.74) is 0. The lowest BCUT2D eigenvalue weighted by atomic mass is 10.3. The first-order valence-electron chi connectivity index (χ1n) is 3.16. The number of rotatable bonds is 3. The van der Waals surface area contributed by atoms with E-state index in [-0.39, 0.29) is 5.75 Å². The molecule has 1 aromatic carbocycles. The van der Waals surface area contributed by atoms with E-state index < -0.39 is 11.4 Å². The van der Waals surface area contributed by atoms with Crippen molar-refractivity contribution in [3.63, 3.8) is 0 Å². The standard InChI is InChI=1S/C7H8O4S/c1-10-6-4-2-3-5-7(6)11-12(8)9/h2-5H,1H3,(H,8,9). The molecule has 5 heteroatoms. The fraction of sp³-hybridized carbons (Fsp3) is 0.143. The summed E-state index contributed by atoms with van der Waals surface area (Å²) >= 11 is -2.31. The third-order valence-corrected chi connectivity index (χ3v) is 1.55. The van der Waals surface area contributed by atoms with E-state index in [0.29, 0.717) is 5.75 Å². The van der Waals surface area contributed by atoms with Gasteiger partial charge in [0.2, 0.25) is 0 Å². The average molecular weight is 188 g/mol. The predicted molar refractivity (Wildman–Crippen MR) is 44.4 cm³/mol. The van der Waals surface area contributed by atoms with Gasteiger partial charge in [0.05, 0.1) is 7.11 Å². The fourth-order valence-corrected chi connectivity index (χ4v) is 1.06. The molecule has 0 aliphatic heterocycles. The lowest BCUT2D eigenvalue weighted by Crippen LogP contribution is -1.99. The van der Waals surface area contributed by atoms with Crippen LogP contribution >= 0.6 is 0 Å². The Balaban J connectivity index is 2.89. The molecule has 0 saturated carbocycles. The van der Waals surface area contributed by atoms with Gasteiger partial charge < -0.3 is 8.92 Å². The van der Waals surface area contributed by atoms with Gasteiger partial charge in [0.1, 0.15) is 0 Å². The molecule has 0 heterocycles. The predicted octanol–water partition coefficient (Wildman–Crippen LogP) is 1.21. The zero-order valence-electron chi connectivity index (χ0n) is 6.39.